The highest BCUT2D eigenvalue weighted by atomic mass is 28.3. The van der Waals surface area contributed by atoms with Crippen LogP contribution in [0.3, 0.4) is 0 Å². The second-order valence-electron chi connectivity index (χ2n) is 10.9. The maximum absolute atomic E-state index is 12.4. The van der Waals surface area contributed by atoms with Crippen molar-refractivity contribution < 1.29 is 14.3 Å². The van der Waals surface area contributed by atoms with Gasteiger partial charge in [-0.3, -0.25) is 0 Å². The van der Waals surface area contributed by atoms with E-state index in [0.29, 0.717) is 6.73 Å². The number of fused-ring (bicyclic) bond motifs is 1. The lowest BCUT2D eigenvalue weighted by molar-refractivity contribution is 0.0201. The van der Waals surface area contributed by atoms with Gasteiger partial charge in [-0.1, -0.05) is 19.6 Å². The third kappa shape index (κ3) is 6.68. The van der Waals surface area contributed by atoms with E-state index in [1.165, 1.54) is 0 Å². The van der Waals surface area contributed by atoms with Gasteiger partial charge in [0.05, 0.1) is 6.20 Å². The Balaban J connectivity index is 1.55. The summed E-state index contributed by atoms with van der Waals surface area (Å²) in [7, 11) is 0.743. The number of carbonyl (C=O) groups is 1. The molecule has 8 nitrogen and oxygen atoms in total. The van der Waals surface area contributed by atoms with Gasteiger partial charge in [-0.15, -0.1) is 0 Å². The molecule has 178 valence electrons. The van der Waals surface area contributed by atoms with Crippen molar-refractivity contribution in [3.63, 3.8) is 0 Å². The van der Waals surface area contributed by atoms with Crippen molar-refractivity contribution in [2.75, 3.05) is 31.6 Å². The number of rotatable bonds is 7. The summed E-state index contributed by atoms with van der Waals surface area (Å²) in [6.07, 6.45) is 5.33. The van der Waals surface area contributed by atoms with E-state index in [9.17, 15) is 4.79 Å². The Morgan fingerprint density at radius 3 is 2.56 bits per heavy atom. The van der Waals surface area contributed by atoms with Crippen molar-refractivity contribution in [2.45, 2.75) is 77.7 Å². The summed E-state index contributed by atoms with van der Waals surface area (Å²) in [5.41, 5.74) is 1.25. The number of carbonyl (C=O) groups excluding carboxylic acids is 1. The highest BCUT2D eigenvalue weighted by molar-refractivity contribution is 6.76. The quantitative estimate of drug-likeness (QED) is 0.444. The summed E-state index contributed by atoms with van der Waals surface area (Å²) in [6.45, 7) is 15.7. The molecule has 0 aliphatic carbocycles. The first-order chi connectivity index (χ1) is 14.9. The molecule has 3 rings (SSSR count). The van der Waals surface area contributed by atoms with E-state index >= 15 is 0 Å². The van der Waals surface area contributed by atoms with Gasteiger partial charge in [0.2, 0.25) is 0 Å². The maximum atomic E-state index is 12.4. The van der Waals surface area contributed by atoms with Gasteiger partial charge in [-0.05, 0) is 45.7 Å². The van der Waals surface area contributed by atoms with Gasteiger partial charge in [-0.2, -0.15) is 0 Å². The summed E-state index contributed by atoms with van der Waals surface area (Å²) in [5, 5.41) is 0. The van der Waals surface area contributed by atoms with E-state index in [1.807, 2.05) is 50.8 Å². The van der Waals surface area contributed by atoms with E-state index < -0.39 is 13.7 Å². The van der Waals surface area contributed by atoms with Crippen molar-refractivity contribution >= 4 is 31.1 Å². The molecule has 0 unspecified atom stereocenters. The van der Waals surface area contributed by atoms with E-state index in [-0.39, 0.29) is 12.1 Å². The Hall–Kier alpha value is -2.13. The average molecular weight is 462 g/mol. The zero-order valence-corrected chi connectivity index (χ0v) is 21.7. The Labute approximate surface area is 192 Å². The molecule has 9 heteroatoms. The number of anilines is 1. The van der Waals surface area contributed by atoms with E-state index in [2.05, 4.69) is 29.5 Å². The first kappa shape index (κ1) is 24.5. The molecule has 1 aliphatic rings. The average Bonchev–Trinajstić information content (AvgIpc) is 3.11. The molecule has 0 N–H and O–H groups in total. The maximum Gasteiger partial charge on any atom is 0.410 e. The fourth-order valence-electron chi connectivity index (χ4n) is 3.71. The van der Waals surface area contributed by atoms with Crippen LogP contribution in [-0.4, -0.2) is 72.0 Å². The predicted octanol–water partition coefficient (Wildman–Crippen LogP) is 4.58. The van der Waals surface area contributed by atoms with Crippen LogP contribution in [0.4, 0.5) is 10.6 Å². The van der Waals surface area contributed by atoms with E-state index in [4.69, 9.17) is 14.5 Å². The summed E-state index contributed by atoms with van der Waals surface area (Å²) in [6, 6.07) is 3.32. The fourth-order valence-corrected chi connectivity index (χ4v) is 4.47. The Kier molecular flexibility index (Phi) is 7.49. The van der Waals surface area contributed by atoms with Crippen LogP contribution in [0.2, 0.25) is 25.7 Å². The number of piperidine rings is 1. The second kappa shape index (κ2) is 9.78. The lowest BCUT2D eigenvalue weighted by Gasteiger charge is -2.37. The topological polar surface area (TPSA) is 72.7 Å². The smallest absolute Gasteiger partial charge is 0.410 e. The van der Waals surface area contributed by atoms with Crippen molar-refractivity contribution in [1.82, 2.24) is 19.4 Å². The van der Waals surface area contributed by atoms with Crippen LogP contribution in [0.15, 0.2) is 18.5 Å². The second-order valence-corrected chi connectivity index (χ2v) is 16.5. The SMILES string of the molecule is CN(C(=O)OC(C)(C)C)C1CCN(c2cnc3c(ccn3COCC[Si](C)(C)C)n2)CC1. The minimum atomic E-state index is -1.09. The zero-order chi connectivity index (χ0) is 23.5. The number of aromatic nitrogens is 3. The minimum Gasteiger partial charge on any atom is -0.444 e. The predicted molar refractivity (Wildman–Crippen MR) is 131 cm³/mol. The molecule has 2 aromatic heterocycles. The van der Waals surface area contributed by atoms with Gasteiger partial charge in [-0.25, -0.2) is 14.8 Å². The van der Waals surface area contributed by atoms with Crippen molar-refractivity contribution in [2.24, 2.45) is 0 Å². The molecule has 0 atom stereocenters. The Morgan fingerprint density at radius 1 is 1.25 bits per heavy atom. The highest BCUT2D eigenvalue weighted by Crippen LogP contribution is 2.23. The molecule has 32 heavy (non-hydrogen) atoms. The van der Waals surface area contributed by atoms with Crippen molar-refractivity contribution in [3.8, 4) is 0 Å². The van der Waals surface area contributed by atoms with Gasteiger partial charge in [0.1, 0.15) is 23.7 Å². The van der Waals surface area contributed by atoms with Crippen LogP contribution < -0.4 is 4.90 Å². The van der Waals surface area contributed by atoms with Gasteiger partial charge >= 0.3 is 6.09 Å². The molecule has 1 saturated heterocycles. The van der Waals surface area contributed by atoms with Gasteiger partial charge < -0.3 is 23.8 Å². The molecular weight excluding hydrogens is 422 g/mol. The molecule has 0 spiro atoms. The van der Waals surface area contributed by atoms with Gasteiger partial charge in [0.15, 0.2) is 5.65 Å². The van der Waals surface area contributed by atoms with Crippen molar-refractivity contribution in [3.05, 3.63) is 18.5 Å². The van der Waals surface area contributed by atoms with Gasteiger partial charge in [0, 0.05) is 47.1 Å². The molecule has 1 fully saturated rings. The molecular formula is C23H39N5O3Si. The fraction of sp³-hybridized carbons (Fsp3) is 0.696. The zero-order valence-electron chi connectivity index (χ0n) is 20.7. The molecule has 1 aliphatic heterocycles. The summed E-state index contributed by atoms with van der Waals surface area (Å²) < 4.78 is 13.4. The van der Waals surface area contributed by atoms with E-state index in [0.717, 1.165) is 55.6 Å². The molecule has 0 radical (unpaired) electrons. The van der Waals surface area contributed by atoms with Crippen LogP contribution in [0, 0.1) is 0 Å². The van der Waals surface area contributed by atoms with Crippen LogP contribution >= 0.6 is 0 Å². The van der Waals surface area contributed by atoms with Crippen molar-refractivity contribution in [1.29, 1.82) is 0 Å². The Bertz CT molecular complexity index is 910. The third-order valence-electron chi connectivity index (χ3n) is 5.70. The first-order valence-electron chi connectivity index (χ1n) is 11.5. The van der Waals surface area contributed by atoms with Crippen LogP contribution in [0.5, 0.6) is 0 Å². The van der Waals surface area contributed by atoms with E-state index in [1.54, 1.807) is 4.90 Å². The monoisotopic (exact) mass is 461 g/mol. The molecule has 0 aromatic carbocycles. The summed E-state index contributed by atoms with van der Waals surface area (Å²) >= 11 is 0. The Morgan fingerprint density at radius 2 is 1.94 bits per heavy atom. The number of amides is 1. The number of ether oxygens (including phenoxy) is 2. The van der Waals surface area contributed by atoms with Crippen LogP contribution in [0.25, 0.3) is 11.2 Å². The van der Waals surface area contributed by atoms with Crippen LogP contribution in [0.1, 0.15) is 33.6 Å². The summed E-state index contributed by atoms with van der Waals surface area (Å²) in [5.74, 6) is 0.883. The standard InChI is InChI=1S/C23H39N5O3Si/c1-23(2,3)31-22(29)26(4)18-8-11-27(12-9-18)20-16-24-21-19(25-20)10-13-28(21)17-30-14-15-32(5,6)7/h10,13,16,18H,8-9,11-12,14-15,17H2,1-7H3. The lowest BCUT2D eigenvalue weighted by Crippen LogP contribution is -2.47. The molecule has 1 amide bonds. The molecule has 2 aromatic rings. The normalized spacial score (nSPS) is 15.9. The lowest BCUT2D eigenvalue weighted by atomic mass is 10.0. The summed E-state index contributed by atoms with van der Waals surface area (Å²) in [4.78, 5) is 25.8. The first-order valence-corrected chi connectivity index (χ1v) is 15.2. The number of nitrogens with zero attached hydrogens (tertiary/aromatic N) is 5. The number of hydrogen-bond acceptors (Lipinski definition) is 6. The molecule has 0 bridgehead atoms. The third-order valence-corrected chi connectivity index (χ3v) is 7.40. The largest absolute Gasteiger partial charge is 0.444 e. The van der Waals surface area contributed by atoms with Gasteiger partial charge in [0.25, 0.3) is 0 Å². The highest BCUT2D eigenvalue weighted by Gasteiger charge is 2.29. The minimum absolute atomic E-state index is 0.173. The number of hydrogen-bond donors (Lipinski definition) is 0. The molecule has 3 heterocycles. The molecule has 0 saturated carbocycles. The van der Waals surface area contributed by atoms with Crippen LogP contribution in [-0.2, 0) is 16.2 Å².